The molecule has 4 heteroatoms. The molecule has 1 aromatic heterocycles. The van der Waals surface area contributed by atoms with Gasteiger partial charge in [-0.05, 0) is 44.2 Å². The summed E-state index contributed by atoms with van der Waals surface area (Å²) in [5.74, 6) is 0.178. The third-order valence-corrected chi connectivity index (χ3v) is 5.31. The average Bonchev–Trinajstić information content (AvgIpc) is 3.19. The van der Waals surface area contributed by atoms with Gasteiger partial charge >= 0.3 is 0 Å². The molecular formula is C24H37N3O. The Hall–Kier alpha value is -1.97. The van der Waals surface area contributed by atoms with Gasteiger partial charge in [0.25, 0.3) is 0 Å². The molecule has 0 fully saturated rings. The minimum Gasteiger partial charge on any atom is -0.294 e. The second-order valence-corrected chi connectivity index (χ2v) is 7.75. The van der Waals surface area contributed by atoms with Crippen LogP contribution in [0, 0.1) is 0 Å². The number of Topliss-reactive ketones (excluding diaryl/α,β-unsaturated/α-hetero) is 1. The van der Waals surface area contributed by atoms with Crippen LogP contribution < -0.4 is 0 Å². The Kier molecular flexibility index (Phi) is 11.2. The number of benzene rings is 1. The molecule has 0 spiro atoms. The minimum atomic E-state index is 0.178. The number of ketones is 1. The molecule has 0 aliphatic carbocycles. The summed E-state index contributed by atoms with van der Waals surface area (Å²) in [5, 5.41) is 10.7. The maximum Gasteiger partial charge on any atom is 0.165 e. The maximum absolute atomic E-state index is 12.4. The lowest BCUT2D eigenvalue weighted by atomic mass is 10.0. The molecule has 0 saturated carbocycles. The first-order valence-corrected chi connectivity index (χ1v) is 11.3. The van der Waals surface area contributed by atoms with Gasteiger partial charge in [-0.2, -0.15) is 15.4 Å². The van der Waals surface area contributed by atoms with Crippen molar-refractivity contribution < 1.29 is 4.79 Å². The van der Waals surface area contributed by atoms with Crippen molar-refractivity contribution in [3.63, 3.8) is 0 Å². The van der Waals surface area contributed by atoms with Crippen molar-refractivity contribution in [3.8, 4) is 0 Å². The Bertz CT molecular complexity index is 705. The number of allylic oxidation sites excluding steroid dienone is 2. The van der Waals surface area contributed by atoms with E-state index < -0.39 is 0 Å². The fraction of sp³-hybridized carbons (Fsp3) is 0.625. The summed E-state index contributed by atoms with van der Waals surface area (Å²) in [7, 11) is 0. The highest BCUT2D eigenvalue weighted by Crippen LogP contribution is 2.17. The maximum atomic E-state index is 12.4. The van der Waals surface area contributed by atoms with Crippen molar-refractivity contribution in [1.82, 2.24) is 15.4 Å². The lowest BCUT2D eigenvalue weighted by Crippen LogP contribution is -2.00. The first-order chi connectivity index (χ1) is 13.8. The number of H-pyrrole nitrogens is 1. The predicted octanol–water partition coefficient (Wildman–Crippen LogP) is 7.18. The van der Waals surface area contributed by atoms with Gasteiger partial charge in [0.05, 0.1) is 0 Å². The van der Waals surface area contributed by atoms with Crippen LogP contribution in [-0.4, -0.2) is 21.2 Å². The first kappa shape index (κ1) is 22.3. The molecule has 0 amide bonds. The molecular weight excluding hydrogens is 346 g/mol. The molecule has 2 aromatic rings. The monoisotopic (exact) mass is 383 g/mol. The molecule has 1 heterocycles. The molecule has 0 saturated heterocycles. The lowest BCUT2D eigenvalue weighted by Gasteiger charge is -2.02. The van der Waals surface area contributed by atoms with E-state index in [1.807, 2.05) is 18.2 Å². The summed E-state index contributed by atoms with van der Waals surface area (Å²) < 4.78 is 0. The van der Waals surface area contributed by atoms with Crippen molar-refractivity contribution in [3.05, 3.63) is 35.9 Å². The molecule has 1 aromatic carbocycles. The predicted molar refractivity (Wildman–Crippen MR) is 118 cm³/mol. The van der Waals surface area contributed by atoms with Gasteiger partial charge in [0, 0.05) is 12.0 Å². The Balaban J connectivity index is 1.44. The van der Waals surface area contributed by atoms with E-state index in [0.29, 0.717) is 17.5 Å². The summed E-state index contributed by atoms with van der Waals surface area (Å²) >= 11 is 0. The molecule has 0 aliphatic rings. The van der Waals surface area contributed by atoms with Crippen molar-refractivity contribution in [2.75, 3.05) is 0 Å². The van der Waals surface area contributed by atoms with Crippen LogP contribution in [0.3, 0.4) is 0 Å². The van der Waals surface area contributed by atoms with E-state index >= 15 is 0 Å². The van der Waals surface area contributed by atoms with Gasteiger partial charge in [-0.1, -0.05) is 76.5 Å². The molecule has 0 bridgehead atoms. The second-order valence-electron chi connectivity index (χ2n) is 7.75. The van der Waals surface area contributed by atoms with Crippen LogP contribution in [0.5, 0.6) is 0 Å². The summed E-state index contributed by atoms with van der Waals surface area (Å²) in [4.78, 5) is 12.4. The van der Waals surface area contributed by atoms with E-state index in [1.54, 1.807) is 0 Å². The quantitative estimate of drug-likeness (QED) is 0.190. The zero-order valence-electron chi connectivity index (χ0n) is 17.6. The average molecular weight is 384 g/mol. The summed E-state index contributed by atoms with van der Waals surface area (Å²) in [6.07, 6.45) is 21.8. The number of carbonyl (C=O) groups is 1. The summed E-state index contributed by atoms with van der Waals surface area (Å²) in [6.45, 7) is 2.27. The zero-order chi connectivity index (χ0) is 19.9. The number of aromatic amines is 1. The largest absolute Gasteiger partial charge is 0.294 e. The number of aromatic nitrogens is 3. The van der Waals surface area contributed by atoms with Crippen LogP contribution in [0.4, 0.5) is 0 Å². The van der Waals surface area contributed by atoms with Crippen molar-refractivity contribution in [1.29, 1.82) is 0 Å². The highest BCUT2D eigenvalue weighted by atomic mass is 16.1. The molecule has 0 radical (unpaired) electrons. The molecule has 4 nitrogen and oxygen atoms in total. The fourth-order valence-electron chi connectivity index (χ4n) is 3.58. The highest BCUT2D eigenvalue weighted by Gasteiger charge is 2.11. The highest BCUT2D eigenvalue weighted by molar-refractivity contribution is 6.05. The van der Waals surface area contributed by atoms with Gasteiger partial charge < -0.3 is 0 Å². The number of nitrogens with zero attached hydrogens (tertiary/aromatic N) is 2. The van der Waals surface area contributed by atoms with E-state index in [2.05, 4.69) is 34.5 Å². The number of hydrogen-bond acceptors (Lipinski definition) is 3. The number of carbonyl (C=O) groups excluding carboxylic acids is 1. The van der Waals surface area contributed by atoms with Crippen LogP contribution in [0.2, 0.25) is 0 Å². The first-order valence-electron chi connectivity index (χ1n) is 11.3. The standard InChI is InChI=1S/C24H37N3O/c1-2-3-4-5-6-7-8-9-10-11-12-13-14-15-16-20-23(28)21-18-17-19-22-24(21)26-27-25-22/h9-10,17-19H,2-8,11-16,20H2,1H3,(H,25,26,27)/b10-9-. The molecule has 28 heavy (non-hydrogen) atoms. The Morgan fingerprint density at radius 3 is 2.21 bits per heavy atom. The molecule has 0 unspecified atom stereocenters. The SMILES string of the molecule is CCCCCCCC/C=C\CCCCCCCC(=O)c1cccc2n[nH]nc12. The number of rotatable bonds is 16. The molecule has 1 N–H and O–H groups in total. The van der Waals surface area contributed by atoms with Crippen molar-refractivity contribution in [2.24, 2.45) is 0 Å². The van der Waals surface area contributed by atoms with Crippen molar-refractivity contribution >= 4 is 16.8 Å². The van der Waals surface area contributed by atoms with Crippen molar-refractivity contribution in [2.45, 2.75) is 96.8 Å². The van der Waals surface area contributed by atoms with Crippen LogP contribution in [-0.2, 0) is 0 Å². The lowest BCUT2D eigenvalue weighted by molar-refractivity contribution is 0.0980. The molecule has 0 aliphatic heterocycles. The number of para-hydroxylation sites is 1. The smallest absolute Gasteiger partial charge is 0.165 e. The number of fused-ring (bicyclic) bond motifs is 1. The summed E-state index contributed by atoms with van der Waals surface area (Å²) in [5.41, 5.74) is 2.15. The zero-order valence-corrected chi connectivity index (χ0v) is 17.6. The molecule has 154 valence electrons. The third-order valence-electron chi connectivity index (χ3n) is 5.31. The van der Waals surface area contributed by atoms with Gasteiger partial charge in [-0.3, -0.25) is 4.79 Å². The van der Waals surface area contributed by atoms with E-state index in [-0.39, 0.29) is 5.78 Å². The van der Waals surface area contributed by atoms with Crippen LogP contribution in [0.25, 0.3) is 11.0 Å². The van der Waals surface area contributed by atoms with E-state index in [9.17, 15) is 4.79 Å². The minimum absolute atomic E-state index is 0.178. The van der Waals surface area contributed by atoms with Crippen LogP contribution in [0.15, 0.2) is 30.4 Å². The third kappa shape index (κ3) is 8.37. The number of nitrogens with one attached hydrogen (secondary N) is 1. The van der Waals surface area contributed by atoms with Gasteiger partial charge in [0.2, 0.25) is 0 Å². The van der Waals surface area contributed by atoms with E-state index in [0.717, 1.165) is 18.4 Å². The van der Waals surface area contributed by atoms with Gasteiger partial charge in [0.15, 0.2) is 5.78 Å². The van der Waals surface area contributed by atoms with E-state index in [1.165, 1.54) is 70.6 Å². The Labute approximate surface area is 170 Å². The second kappa shape index (κ2) is 14.1. The molecule has 0 atom stereocenters. The van der Waals surface area contributed by atoms with E-state index in [4.69, 9.17) is 0 Å². The number of unbranched alkanes of at least 4 members (excludes halogenated alkanes) is 11. The summed E-state index contributed by atoms with van der Waals surface area (Å²) in [6, 6.07) is 5.60. The van der Waals surface area contributed by atoms with Gasteiger partial charge in [-0.25, -0.2) is 0 Å². The fourth-order valence-corrected chi connectivity index (χ4v) is 3.58. The van der Waals surface area contributed by atoms with Gasteiger partial charge in [0.1, 0.15) is 11.0 Å². The topological polar surface area (TPSA) is 58.6 Å². The van der Waals surface area contributed by atoms with Gasteiger partial charge in [-0.15, -0.1) is 0 Å². The number of hydrogen-bond donors (Lipinski definition) is 1. The van der Waals surface area contributed by atoms with Crippen LogP contribution >= 0.6 is 0 Å². The molecule has 2 rings (SSSR count). The normalized spacial score (nSPS) is 11.6. The van der Waals surface area contributed by atoms with Crippen LogP contribution in [0.1, 0.15) is 107 Å². The Morgan fingerprint density at radius 2 is 1.50 bits per heavy atom. The Morgan fingerprint density at radius 1 is 0.857 bits per heavy atom.